The topological polar surface area (TPSA) is 32.7 Å². The van der Waals surface area contributed by atoms with Gasteiger partial charge >= 0.3 is 0 Å². The molecule has 4 heteroatoms. The average Bonchev–Trinajstić information content (AvgIpc) is 2.52. The molecule has 0 bridgehead atoms. The van der Waals surface area contributed by atoms with E-state index in [1.165, 1.54) is 25.7 Å². The number of likely N-dealkylation sites (tertiary alicyclic amines) is 1. The lowest BCUT2D eigenvalue weighted by atomic mass is 9.98. The number of hydrogen-bond acceptors (Lipinski definition) is 3. The SMILES string of the molecule is CCC1CCCCN1CCC(O)c1cc(Cl)ccc1OC. The molecule has 0 amide bonds. The van der Waals surface area contributed by atoms with Crippen LogP contribution in [-0.4, -0.2) is 36.2 Å². The summed E-state index contributed by atoms with van der Waals surface area (Å²) in [6, 6.07) is 6.08. The maximum atomic E-state index is 10.5. The quantitative estimate of drug-likeness (QED) is 0.860. The second-order valence-corrected chi connectivity index (χ2v) is 6.22. The van der Waals surface area contributed by atoms with Gasteiger partial charge in [0.05, 0.1) is 13.2 Å². The Balaban J connectivity index is 1.97. The van der Waals surface area contributed by atoms with Gasteiger partial charge in [-0.05, 0) is 50.4 Å². The fourth-order valence-electron chi connectivity index (χ4n) is 3.23. The number of ether oxygens (including phenoxy) is 1. The van der Waals surface area contributed by atoms with Crippen LogP contribution >= 0.6 is 11.6 Å². The Morgan fingerprint density at radius 1 is 1.43 bits per heavy atom. The molecule has 1 aromatic rings. The first-order valence-electron chi connectivity index (χ1n) is 7.91. The minimum Gasteiger partial charge on any atom is -0.496 e. The average molecular weight is 312 g/mol. The Labute approximate surface area is 132 Å². The first kappa shape index (κ1) is 16.6. The summed E-state index contributed by atoms with van der Waals surface area (Å²) < 4.78 is 5.32. The maximum Gasteiger partial charge on any atom is 0.124 e. The van der Waals surface area contributed by atoms with Crippen molar-refractivity contribution in [1.29, 1.82) is 0 Å². The summed E-state index contributed by atoms with van der Waals surface area (Å²) in [4.78, 5) is 2.52. The van der Waals surface area contributed by atoms with E-state index in [-0.39, 0.29) is 0 Å². The van der Waals surface area contributed by atoms with E-state index in [9.17, 15) is 5.11 Å². The standard InChI is InChI=1S/C17H26ClNO2/c1-3-14-6-4-5-10-19(14)11-9-16(20)15-12-13(18)7-8-17(15)21-2/h7-8,12,14,16,20H,3-6,9-11H2,1-2H3. The highest BCUT2D eigenvalue weighted by molar-refractivity contribution is 6.30. The minimum absolute atomic E-state index is 0.530. The number of halogens is 1. The number of rotatable bonds is 6. The molecule has 2 unspecified atom stereocenters. The van der Waals surface area contributed by atoms with Crippen molar-refractivity contribution in [2.75, 3.05) is 20.2 Å². The molecule has 0 aliphatic carbocycles. The van der Waals surface area contributed by atoms with Crippen LogP contribution in [0.25, 0.3) is 0 Å². The van der Waals surface area contributed by atoms with Gasteiger partial charge in [0.15, 0.2) is 0 Å². The molecule has 1 aromatic carbocycles. The van der Waals surface area contributed by atoms with Crippen LogP contribution in [0.5, 0.6) is 5.75 Å². The third-order valence-electron chi connectivity index (χ3n) is 4.46. The molecule has 1 N–H and O–H groups in total. The van der Waals surface area contributed by atoms with E-state index in [2.05, 4.69) is 11.8 Å². The molecule has 2 rings (SSSR count). The number of aliphatic hydroxyl groups is 1. The van der Waals surface area contributed by atoms with Gasteiger partial charge in [0.25, 0.3) is 0 Å². The van der Waals surface area contributed by atoms with E-state index in [0.29, 0.717) is 23.2 Å². The summed E-state index contributed by atoms with van der Waals surface area (Å²) in [5.41, 5.74) is 0.787. The van der Waals surface area contributed by atoms with Crippen LogP contribution in [-0.2, 0) is 0 Å². The maximum absolute atomic E-state index is 10.5. The first-order valence-corrected chi connectivity index (χ1v) is 8.29. The Kier molecular flexibility index (Phi) is 6.34. The molecule has 118 valence electrons. The van der Waals surface area contributed by atoms with Crippen molar-refractivity contribution < 1.29 is 9.84 Å². The van der Waals surface area contributed by atoms with Crippen LogP contribution in [0, 0.1) is 0 Å². The van der Waals surface area contributed by atoms with E-state index >= 15 is 0 Å². The van der Waals surface area contributed by atoms with Crippen LogP contribution in [0.15, 0.2) is 18.2 Å². The van der Waals surface area contributed by atoms with Gasteiger partial charge in [-0.3, -0.25) is 0 Å². The normalized spacial score (nSPS) is 21.2. The molecule has 0 spiro atoms. The van der Waals surface area contributed by atoms with Crippen molar-refractivity contribution in [3.05, 3.63) is 28.8 Å². The summed E-state index contributed by atoms with van der Waals surface area (Å²) in [6.45, 7) is 4.33. The lowest BCUT2D eigenvalue weighted by Crippen LogP contribution is -2.40. The molecule has 0 saturated carbocycles. The first-order chi connectivity index (χ1) is 10.2. The smallest absolute Gasteiger partial charge is 0.124 e. The zero-order chi connectivity index (χ0) is 15.2. The van der Waals surface area contributed by atoms with E-state index in [1.807, 2.05) is 6.07 Å². The molecule has 21 heavy (non-hydrogen) atoms. The number of hydrogen-bond donors (Lipinski definition) is 1. The number of methoxy groups -OCH3 is 1. The number of aliphatic hydroxyl groups excluding tert-OH is 1. The highest BCUT2D eigenvalue weighted by Gasteiger charge is 2.22. The molecule has 1 heterocycles. The summed E-state index contributed by atoms with van der Waals surface area (Å²) >= 11 is 6.04. The fourth-order valence-corrected chi connectivity index (χ4v) is 3.41. The zero-order valence-electron chi connectivity index (χ0n) is 13.0. The molecule has 0 aromatic heterocycles. The van der Waals surface area contributed by atoms with Crippen molar-refractivity contribution in [3.8, 4) is 5.75 Å². The highest BCUT2D eigenvalue weighted by atomic mass is 35.5. The van der Waals surface area contributed by atoms with Gasteiger partial charge in [-0.15, -0.1) is 0 Å². The zero-order valence-corrected chi connectivity index (χ0v) is 13.8. The summed E-state index contributed by atoms with van der Waals surface area (Å²) in [5.74, 6) is 0.706. The van der Waals surface area contributed by atoms with E-state index in [1.54, 1.807) is 19.2 Å². The molecule has 1 fully saturated rings. The monoisotopic (exact) mass is 311 g/mol. The van der Waals surface area contributed by atoms with Gasteiger partial charge in [-0.25, -0.2) is 0 Å². The van der Waals surface area contributed by atoms with Crippen LogP contribution in [0.4, 0.5) is 0 Å². The molecule has 1 aliphatic heterocycles. The lowest BCUT2D eigenvalue weighted by Gasteiger charge is -2.35. The predicted octanol–water partition coefficient (Wildman–Crippen LogP) is 4.04. The second kappa shape index (κ2) is 8.02. The lowest BCUT2D eigenvalue weighted by molar-refractivity contribution is 0.0999. The van der Waals surface area contributed by atoms with Crippen molar-refractivity contribution in [1.82, 2.24) is 4.90 Å². The van der Waals surface area contributed by atoms with Crippen molar-refractivity contribution >= 4 is 11.6 Å². The number of nitrogens with zero attached hydrogens (tertiary/aromatic N) is 1. The number of benzene rings is 1. The molecule has 1 saturated heterocycles. The summed E-state index contributed by atoms with van der Waals surface area (Å²) in [5, 5.41) is 11.1. The van der Waals surface area contributed by atoms with Gasteiger partial charge < -0.3 is 14.7 Å². The Morgan fingerprint density at radius 2 is 2.24 bits per heavy atom. The third-order valence-corrected chi connectivity index (χ3v) is 4.70. The van der Waals surface area contributed by atoms with E-state index < -0.39 is 6.10 Å². The highest BCUT2D eigenvalue weighted by Crippen LogP contribution is 2.31. The van der Waals surface area contributed by atoms with Gasteiger partial charge in [0.2, 0.25) is 0 Å². The van der Waals surface area contributed by atoms with Crippen LogP contribution in [0.2, 0.25) is 5.02 Å². The van der Waals surface area contributed by atoms with Crippen molar-refractivity contribution in [2.24, 2.45) is 0 Å². The Morgan fingerprint density at radius 3 is 2.95 bits per heavy atom. The molecular weight excluding hydrogens is 286 g/mol. The van der Waals surface area contributed by atoms with Crippen molar-refractivity contribution in [3.63, 3.8) is 0 Å². The van der Waals surface area contributed by atoms with Crippen molar-refractivity contribution in [2.45, 2.75) is 51.2 Å². The summed E-state index contributed by atoms with van der Waals surface area (Å²) in [6.07, 6.45) is 5.27. The van der Waals surface area contributed by atoms with Crippen LogP contribution in [0.3, 0.4) is 0 Å². The predicted molar refractivity (Wildman–Crippen MR) is 87.1 cm³/mol. The molecular formula is C17H26ClNO2. The minimum atomic E-state index is -0.530. The Hall–Kier alpha value is -0.770. The van der Waals surface area contributed by atoms with Gasteiger partial charge in [-0.1, -0.05) is 24.9 Å². The molecule has 3 nitrogen and oxygen atoms in total. The fraction of sp³-hybridized carbons (Fsp3) is 0.647. The third kappa shape index (κ3) is 4.35. The van der Waals surface area contributed by atoms with E-state index in [4.69, 9.17) is 16.3 Å². The van der Waals surface area contributed by atoms with Gasteiger partial charge in [0, 0.05) is 23.2 Å². The van der Waals surface area contributed by atoms with Gasteiger partial charge in [-0.2, -0.15) is 0 Å². The second-order valence-electron chi connectivity index (χ2n) is 5.78. The van der Waals surface area contributed by atoms with Crippen LogP contribution in [0.1, 0.15) is 50.7 Å². The van der Waals surface area contributed by atoms with E-state index in [0.717, 1.165) is 18.7 Å². The summed E-state index contributed by atoms with van der Waals surface area (Å²) in [7, 11) is 1.62. The molecule has 0 radical (unpaired) electrons. The van der Waals surface area contributed by atoms with Crippen LogP contribution < -0.4 is 4.74 Å². The largest absolute Gasteiger partial charge is 0.496 e. The molecule has 1 aliphatic rings. The number of piperidine rings is 1. The molecule has 2 atom stereocenters. The Bertz CT molecular complexity index is 452. The van der Waals surface area contributed by atoms with Gasteiger partial charge in [0.1, 0.15) is 5.75 Å².